The van der Waals surface area contributed by atoms with Crippen LogP contribution in [0.3, 0.4) is 0 Å². The van der Waals surface area contributed by atoms with E-state index in [0.29, 0.717) is 33.4 Å². The summed E-state index contributed by atoms with van der Waals surface area (Å²) in [7, 11) is 0. The molecule has 1 N–H and O–H groups in total. The first kappa shape index (κ1) is 31.3. The molecular weight excluding hydrogens is 602 g/mol. The fourth-order valence-corrected chi connectivity index (χ4v) is 7.12. The maximum Gasteiger partial charge on any atom is 0.347 e. The van der Waals surface area contributed by atoms with Crippen molar-refractivity contribution < 1.29 is 23.8 Å². The van der Waals surface area contributed by atoms with Crippen LogP contribution >= 0.6 is 12.6 Å². The maximum atomic E-state index is 14.1. The minimum atomic E-state index is -1.40. The number of anilines is 2. The highest BCUT2D eigenvalue weighted by molar-refractivity contribution is 7.80. The predicted molar refractivity (Wildman–Crippen MR) is 183 cm³/mol. The third-order valence-electron chi connectivity index (χ3n) is 9.11. The van der Waals surface area contributed by atoms with Crippen LogP contribution in [0.5, 0.6) is 5.75 Å². The Hall–Kier alpha value is -4.70. The molecule has 10 heteroatoms. The lowest BCUT2D eigenvalue weighted by molar-refractivity contribution is -0.142. The molecule has 2 aliphatic heterocycles. The summed E-state index contributed by atoms with van der Waals surface area (Å²) in [6.45, 7) is 11.4. The Balaban J connectivity index is 1.64. The molecule has 0 fully saturated rings. The summed E-state index contributed by atoms with van der Waals surface area (Å²) in [5.74, 6) is -1.17. The number of fused-ring (bicyclic) bond motifs is 5. The number of rotatable bonds is 10. The summed E-state index contributed by atoms with van der Waals surface area (Å²) in [5.41, 5.74) is 1.99. The molecule has 2 atom stereocenters. The Bertz CT molecular complexity index is 1930. The van der Waals surface area contributed by atoms with Crippen molar-refractivity contribution in [2.45, 2.75) is 39.3 Å². The van der Waals surface area contributed by atoms with Crippen LogP contribution in [-0.2, 0) is 10.3 Å². The van der Waals surface area contributed by atoms with Crippen LogP contribution in [0.15, 0.2) is 82.0 Å². The van der Waals surface area contributed by atoms with Crippen LogP contribution < -0.4 is 20.2 Å². The van der Waals surface area contributed by atoms with Crippen molar-refractivity contribution in [3.05, 3.63) is 105 Å². The van der Waals surface area contributed by atoms with E-state index in [0.717, 1.165) is 37.6 Å². The number of ether oxygens (including phenoxy) is 1. The van der Waals surface area contributed by atoms with Crippen LogP contribution in [0, 0.1) is 0 Å². The second kappa shape index (κ2) is 12.2. The molecule has 0 saturated heterocycles. The van der Waals surface area contributed by atoms with Crippen LogP contribution in [0.2, 0.25) is 0 Å². The van der Waals surface area contributed by atoms with Gasteiger partial charge < -0.3 is 29.0 Å². The third kappa shape index (κ3) is 4.83. The van der Waals surface area contributed by atoms with E-state index < -0.39 is 29.1 Å². The highest BCUT2D eigenvalue weighted by Gasteiger charge is 2.56. The summed E-state index contributed by atoms with van der Waals surface area (Å²) in [6, 6.07) is 19.0. The van der Waals surface area contributed by atoms with Crippen LogP contribution in [-0.4, -0.2) is 59.9 Å². The van der Waals surface area contributed by atoms with Gasteiger partial charge >= 0.3 is 11.6 Å². The second-order valence-electron chi connectivity index (χ2n) is 11.3. The van der Waals surface area contributed by atoms with Gasteiger partial charge in [-0.2, -0.15) is 12.6 Å². The number of amides is 1. The topological polar surface area (TPSA) is 104 Å². The zero-order valence-electron chi connectivity index (χ0n) is 26.3. The molecule has 238 valence electrons. The first-order valence-corrected chi connectivity index (χ1v) is 16.3. The fourth-order valence-electron chi connectivity index (χ4n) is 6.80. The van der Waals surface area contributed by atoms with E-state index in [-0.39, 0.29) is 17.1 Å². The number of hydrogen-bond acceptors (Lipinski definition) is 8. The van der Waals surface area contributed by atoms with Crippen LogP contribution in [0.1, 0.15) is 54.7 Å². The van der Waals surface area contributed by atoms with Gasteiger partial charge in [-0.25, -0.2) is 9.59 Å². The van der Waals surface area contributed by atoms with Gasteiger partial charge in [0.1, 0.15) is 34.2 Å². The number of carboxylic acid groups (broad SMARTS) is 1. The Morgan fingerprint density at radius 1 is 0.870 bits per heavy atom. The molecule has 46 heavy (non-hydrogen) atoms. The number of carbonyl (C=O) groups is 2. The lowest BCUT2D eigenvalue weighted by Crippen LogP contribution is -2.54. The third-order valence-corrected chi connectivity index (χ3v) is 9.46. The highest BCUT2D eigenvalue weighted by atomic mass is 32.1. The van der Waals surface area contributed by atoms with Crippen LogP contribution in [0.4, 0.5) is 11.4 Å². The minimum Gasteiger partial charge on any atom is -0.480 e. The number of carbonyl (C=O) groups excluding carboxylic acids is 1. The molecule has 0 bridgehead atoms. The van der Waals surface area contributed by atoms with Gasteiger partial charge in [0, 0.05) is 72.0 Å². The largest absolute Gasteiger partial charge is 0.480 e. The van der Waals surface area contributed by atoms with Gasteiger partial charge in [0.05, 0.1) is 0 Å². The second-order valence-corrected chi connectivity index (χ2v) is 11.7. The Morgan fingerprint density at radius 3 is 2.17 bits per heavy atom. The number of thiol groups is 1. The maximum absolute atomic E-state index is 14.1. The number of benzene rings is 3. The van der Waals surface area contributed by atoms with Gasteiger partial charge in [-0.15, -0.1) is 0 Å². The first-order valence-electron chi connectivity index (χ1n) is 15.6. The number of hydrogen-bond donors (Lipinski definition) is 2. The Labute approximate surface area is 273 Å². The molecule has 0 saturated carbocycles. The van der Waals surface area contributed by atoms with Crippen molar-refractivity contribution in [1.29, 1.82) is 0 Å². The smallest absolute Gasteiger partial charge is 0.347 e. The normalized spacial score (nSPS) is 17.4. The molecule has 3 heterocycles. The summed E-state index contributed by atoms with van der Waals surface area (Å²) < 4.78 is 12.4. The zero-order chi connectivity index (χ0) is 32.7. The molecule has 9 nitrogen and oxygen atoms in total. The SMILES string of the molecule is CCN(CC)c1ccc2c(c1)OC(c1cc3ccc(N(CC)CC)cc3oc1=O)=CC21c2ccccc2C(=O)N1C(CS)C(=O)O. The Morgan fingerprint density at radius 2 is 1.52 bits per heavy atom. The standard InChI is InChI=1S/C36H37N3O6S/c1-5-37(6-2)23-14-13-22-17-26(35(43)45-30(22)18-23)32-20-36(28-16-15-24(19-31(28)44-32)38(7-3)8-4)27-12-10-9-11-25(27)33(40)39(36)29(21-46)34(41)42/h9-20,29,46H,5-8,21H2,1-4H3,(H,41,42). The fraction of sp³-hybridized carbons (Fsp3) is 0.306. The summed E-state index contributed by atoms with van der Waals surface area (Å²) in [4.78, 5) is 46.2. The van der Waals surface area contributed by atoms with E-state index in [1.165, 1.54) is 4.90 Å². The molecule has 0 radical (unpaired) electrons. The minimum absolute atomic E-state index is 0.124. The number of carboxylic acids is 1. The molecule has 3 aromatic carbocycles. The molecule has 4 aromatic rings. The van der Waals surface area contributed by atoms with Crippen molar-refractivity contribution in [3.8, 4) is 5.75 Å². The lowest BCUT2D eigenvalue weighted by Gasteiger charge is -2.43. The van der Waals surface area contributed by atoms with Gasteiger partial charge in [0.2, 0.25) is 0 Å². The molecule has 2 unspecified atom stereocenters. The van der Waals surface area contributed by atoms with Crippen LogP contribution in [0.25, 0.3) is 16.7 Å². The van der Waals surface area contributed by atoms with Crippen molar-refractivity contribution in [2.75, 3.05) is 41.7 Å². The predicted octanol–water partition coefficient (Wildman–Crippen LogP) is 6.00. The van der Waals surface area contributed by atoms with E-state index in [1.54, 1.807) is 24.3 Å². The lowest BCUT2D eigenvalue weighted by atomic mass is 9.79. The molecule has 1 amide bonds. The van der Waals surface area contributed by atoms with E-state index in [9.17, 15) is 19.5 Å². The van der Waals surface area contributed by atoms with Gasteiger partial charge in [0.25, 0.3) is 5.91 Å². The van der Waals surface area contributed by atoms with Crippen molar-refractivity contribution in [3.63, 3.8) is 0 Å². The van der Waals surface area contributed by atoms with Gasteiger partial charge in [-0.3, -0.25) is 4.79 Å². The summed E-state index contributed by atoms with van der Waals surface area (Å²) in [6.07, 6.45) is 1.69. The first-order chi connectivity index (χ1) is 22.2. The van der Waals surface area contributed by atoms with Gasteiger partial charge in [-0.05, 0) is 69.7 Å². The van der Waals surface area contributed by atoms with Crippen molar-refractivity contribution >= 4 is 52.6 Å². The number of aliphatic carboxylic acids is 1. The van der Waals surface area contributed by atoms with E-state index >= 15 is 0 Å². The molecule has 1 spiro atoms. The molecule has 0 aliphatic carbocycles. The molecule has 6 rings (SSSR count). The molecule has 2 aliphatic rings. The van der Waals surface area contributed by atoms with E-state index in [1.807, 2.05) is 48.5 Å². The van der Waals surface area contributed by atoms with Gasteiger partial charge in [0.15, 0.2) is 0 Å². The molecule has 1 aromatic heterocycles. The Kier molecular flexibility index (Phi) is 8.33. The van der Waals surface area contributed by atoms with E-state index in [2.05, 4.69) is 50.1 Å². The average Bonchev–Trinajstić information content (AvgIpc) is 3.29. The van der Waals surface area contributed by atoms with E-state index in [4.69, 9.17) is 9.15 Å². The van der Waals surface area contributed by atoms with Crippen molar-refractivity contribution in [1.82, 2.24) is 4.90 Å². The average molecular weight is 640 g/mol. The summed E-state index contributed by atoms with van der Waals surface area (Å²) in [5, 5.41) is 11.0. The highest BCUT2D eigenvalue weighted by Crippen LogP contribution is 2.54. The number of nitrogens with zero attached hydrogens (tertiary/aromatic N) is 3. The quantitative estimate of drug-likeness (QED) is 0.161. The van der Waals surface area contributed by atoms with Crippen molar-refractivity contribution in [2.24, 2.45) is 0 Å². The summed E-state index contributed by atoms with van der Waals surface area (Å²) >= 11 is 4.37. The molecular formula is C36H37N3O6S. The zero-order valence-corrected chi connectivity index (χ0v) is 27.2. The van der Waals surface area contributed by atoms with Gasteiger partial charge in [-0.1, -0.05) is 24.3 Å². The monoisotopic (exact) mass is 639 g/mol.